The largest absolute Gasteiger partial charge is 0.445 e. The van der Waals surface area contributed by atoms with Gasteiger partial charge in [-0.3, -0.25) is 0 Å². The van der Waals surface area contributed by atoms with Crippen LogP contribution in [0.1, 0.15) is 37.9 Å². The highest BCUT2D eigenvalue weighted by Crippen LogP contribution is 2.21. The Labute approximate surface area is 181 Å². The van der Waals surface area contributed by atoms with Gasteiger partial charge in [-0.25, -0.2) is 9.59 Å². The number of alkyl carbamates (subject to hydrolysis) is 2. The molecule has 0 saturated carbocycles. The van der Waals surface area contributed by atoms with Gasteiger partial charge in [-0.1, -0.05) is 54.1 Å². The summed E-state index contributed by atoms with van der Waals surface area (Å²) >= 11 is 5.96. The van der Waals surface area contributed by atoms with E-state index >= 15 is 0 Å². The molecule has 3 N–H and O–H groups in total. The molecule has 0 saturated heterocycles. The van der Waals surface area contributed by atoms with Crippen molar-refractivity contribution in [2.24, 2.45) is 0 Å². The van der Waals surface area contributed by atoms with Crippen molar-refractivity contribution >= 4 is 23.8 Å². The summed E-state index contributed by atoms with van der Waals surface area (Å²) < 4.78 is 10.5. The third-order valence-corrected chi connectivity index (χ3v) is 4.27. The third-order valence-electron chi connectivity index (χ3n) is 4.02. The Kier molecular flexibility index (Phi) is 8.50. The number of benzene rings is 2. The van der Waals surface area contributed by atoms with E-state index in [1.165, 1.54) is 0 Å². The van der Waals surface area contributed by atoms with Gasteiger partial charge in [0.1, 0.15) is 12.2 Å². The van der Waals surface area contributed by atoms with Crippen LogP contribution in [0.25, 0.3) is 0 Å². The molecule has 0 spiro atoms. The first-order chi connectivity index (χ1) is 14.2. The summed E-state index contributed by atoms with van der Waals surface area (Å²) in [5, 5.41) is 15.7. The van der Waals surface area contributed by atoms with Crippen LogP contribution in [0.3, 0.4) is 0 Å². The number of ether oxygens (including phenoxy) is 2. The van der Waals surface area contributed by atoms with Gasteiger partial charge >= 0.3 is 12.2 Å². The fraction of sp³-hybridized carbons (Fsp3) is 0.364. The second-order valence-corrected chi connectivity index (χ2v) is 8.11. The van der Waals surface area contributed by atoms with Crippen LogP contribution in [0, 0.1) is 0 Å². The molecule has 0 radical (unpaired) electrons. The number of aliphatic hydroxyl groups is 1. The topological polar surface area (TPSA) is 96.9 Å². The number of amides is 2. The second-order valence-electron chi connectivity index (χ2n) is 7.67. The lowest BCUT2D eigenvalue weighted by atomic mass is 10.00. The van der Waals surface area contributed by atoms with E-state index < -0.39 is 36.5 Å². The van der Waals surface area contributed by atoms with Gasteiger partial charge in [0.2, 0.25) is 0 Å². The zero-order valence-electron chi connectivity index (χ0n) is 17.2. The molecule has 30 heavy (non-hydrogen) atoms. The zero-order chi connectivity index (χ0) is 22.1. The molecule has 2 aromatic carbocycles. The molecule has 2 rings (SSSR count). The van der Waals surface area contributed by atoms with Gasteiger partial charge in [0.15, 0.2) is 0 Å². The Morgan fingerprint density at radius 2 is 1.63 bits per heavy atom. The molecular formula is C22H27ClN2O5. The maximum atomic E-state index is 12.3. The van der Waals surface area contributed by atoms with Crippen LogP contribution in [0.4, 0.5) is 9.59 Å². The molecule has 162 valence electrons. The lowest BCUT2D eigenvalue weighted by molar-refractivity contribution is 0.0476. The van der Waals surface area contributed by atoms with Crippen LogP contribution in [0.2, 0.25) is 5.02 Å². The van der Waals surface area contributed by atoms with Crippen molar-refractivity contribution in [2.75, 3.05) is 6.61 Å². The third kappa shape index (κ3) is 7.93. The minimum absolute atomic E-state index is 0.0793. The number of aliphatic hydroxyl groups excluding tert-OH is 1. The summed E-state index contributed by atoms with van der Waals surface area (Å²) in [5.74, 6) is 0. The maximum Gasteiger partial charge on any atom is 0.408 e. The van der Waals surface area contributed by atoms with E-state index in [1.807, 2.05) is 30.3 Å². The van der Waals surface area contributed by atoms with E-state index in [1.54, 1.807) is 45.0 Å². The highest BCUT2D eigenvalue weighted by atomic mass is 35.5. The average Bonchev–Trinajstić information content (AvgIpc) is 2.69. The van der Waals surface area contributed by atoms with Crippen LogP contribution in [-0.4, -0.2) is 35.5 Å². The molecule has 0 unspecified atom stereocenters. The van der Waals surface area contributed by atoms with Gasteiger partial charge in [-0.05, 0) is 44.0 Å². The Hall–Kier alpha value is -2.77. The zero-order valence-corrected chi connectivity index (χ0v) is 18.0. The van der Waals surface area contributed by atoms with E-state index in [9.17, 15) is 14.7 Å². The van der Waals surface area contributed by atoms with Crippen molar-refractivity contribution in [1.29, 1.82) is 0 Å². The smallest absolute Gasteiger partial charge is 0.408 e. The molecule has 8 heteroatoms. The van der Waals surface area contributed by atoms with Gasteiger partial charge in [0.05, 0.1) is 18.7 Å². The number of carbonyl (C=O) groups is 2. The van der Waals surface area contributed by atoms with E-state index in [0.717, 1.165) is 5.56 Å². The Bertz CT molecular complexity index is 822. The molecule has 0 fully saturated rings. The van der Waals surface area contributed by atoms with E-state index in [4.69, 9.17) is 21.1 Å². The van der Waals surface area contributed by atoms with Crippen molar-refractivity contribution in [1.82, 2.24) is 10.6 Å². The van der Waals surface area contributed by atoms with Crippen LogP contribution >= 0.6 is 11.6 Å². The van der Waals surface area contributed by atoms with Crippen LogP contribution in [0.5, 0.6) is 0 Å². The molecule has 0 heterocycles. The molecule has 0 aliphatic carbocycles. The molecule has 7 nitrogen and oxygen atoms in total. The van der Waals surface area contributed by atoms with Gasteiger partial charge in [-0.15, -0.1) is 0 Å². The Balaban J connectivity index is 2.11. The summed E-state index contributed by atoms with van der Waals surface area (Å²) in [7, 11) is 0. The first kappa shape index (κ1) is 23.5. The highest BCUT2D eigenvalue weighted by Gasteiger charge is 2.28. The Morgan fingerprint density at radius 1 is 1.00 bits per heavy atom. The van der Waals surface area contributed by atoms with E-state index in [2.05, 4.69) is 10.6 Å². The summed E-state index contributed by atoms with van der Waals surface area (Å²) in [6.07, 6.45) is -1.40. The first-order valence-corrected chi connectivity index (χ1v) is 9.89. The van der Waals surface area contributed by atoms with Gasteiger partial charge < -0.3 is 25.2 Å². The molecular weight excluding hydrogens is 408 g/mol. The number of rotatable bonds is 7. The number of hydrogen-bond acceptors (Lipinski definition) is 5. The minimum atomic E-state index is -0.859. The van der Waals surface area contributed by atoms with E-state index in [0.29, 0.717) is 10.6 Å². The highest BCUT2D eigenvalue weighted by molar-refractivity contribution is 6.30. The average molecular weight is 435 g/mol. The van der Waals surface area contributed by atoms with Crippen molar-refractivity contribution < 1.29 is 24.2 Å². The van der Waals surface area contributed by atoms with Crippen LogP contribution < -0.4 is 10.6 Å². The number of nitrogens with one attached hydrogen (secondary N) is 2. The lowest BCUT2D eigenvalue weighted by Crippen LogP contribution is -2.49. The Morgan fingerprint density at radius 3 is 2.20 bits per heavy atom. The first-order valence-electron chi connectivity index (χ1n) is 9.51. The monoisotopic (exact) mass is 434 g/mol. The molecule has 2 aromatic rings. The quantitative estimate of drug-likeness (QED) is 0.607. The number of halogens is 1. The normalized spacial score (nSPS) is 13.1. The fourth-order valence-electron chi connectivity index (χ4n) is 2.67. The summed E-state index contributed by atoms with van der Waals surface area (Å²) in [6.45, 7) is 4.87. The molecule has 0 bridgehead atoms. The van der Waals surface area contributed by atoms with Crippen molar-refractivity contribution in [3.63, 3.8) is 0 Å². The van der Waals surface area contributed by atoms with Gasteiger partial charge in [-0.2, -0.15) is 0 Å². The lowest BCUT2D eigenvalue weighted by Gasteiger charge is -2.29. The molecule has 2 atom stereocenters. The minimum Gasteiger partial charge on any atom is -0.445 e. The summed E-state index contributed by atoms with van der Waals surface area (Å²) in [4.78, 5) is 24.6. The maximum absolute atomic E-state index is 12.3. The SMILES string of the molecule is CC(C)(C)OC(=O)N[C@H](c1ccc(Cl)cc1)[C@@H](CO)NC(=O)OCc1ccccc1. The molecule has 2 amide bonds. The molecule has 0 aromatic heterocycles. The number of hydrogen-bond donors (Lipinski definition) is 3. The molecule has 0 aliphatic heterocycles. The fourth-order valence-corrected chi connectivity index (χ4v) is 2.80. The predicted octanol–water partition coefficient (Wildman–Crippen LogP) is 4.19. The van der Waals surface area contributed by atoms with Crippen molar-refractivity contribution in [2.45, 2.75) is 45.1 Å². The van der Waals surface area contributed by atoms with Gasteiger partial charge in [0.25, 0.3) is 0 Å². The summed E-state index contributed by atoms with van der Waals surface area (Å²) in [5.41, 5.74) is 0.757. The predicted molar refractivity (Wildman–Crippen MR) is 114 cm³/mol. The van der Waals surface area contributed by atoms with Crippen LogP contribution in [0.15, 0.2) is 54.6 Å². The second kappa shape index (κ2) is 10.8. The standard InChI is InChI=1S/C22H27ClN2O5/c1-22(2,3)30-21(28)25-19(16-9-11-17(23)12-10-16)18(13-26)24-20(27)29-14-15-7-5-4-6-8-15/h4-12,18-19,26H,13-14H2,1-3H3,(H,24,27)(H,25,28)/t18-,19-/m1/s1. The summed E-state index contributed by atoms with van der Waals surface area (Å²) in [6, 6.07) is 14.3. The van der Waals surface area contributed by atoms with Crippen LogP contribution in [-0.2, 0) is 16.1 Å². The number of carbonyl (C=O) groups excluding carboxylic acids is 2. The molecule has 0 aliphatic rings. The van der Waals surface area contributed by atoms with Crippen molar-refractivity contribution in [3.8, 4) is 0 Å². The van der Waals surface area contributed by atoms with Crippen molar-refractivity contribution in [3.05, 3.63) is 70.7 Å². The van der Waals surface area contributed by atoms with Gasteiger partial charge in [0, 0.05) is 5.02 Å². The van der Waals surface area contributed by atoms with E-state index in [-0.39, 0.29) is 6.61 Å².